The molecule has 1 atom stereocenters. The molecule has 0 radical (unpaired) electrons. The van der Waals surface area contributed by atoms with Crippen molar-refractivity contribution in [1.82, 2.24) is 9.97 Å². The molecule has 1 saturated heterocycles. The Morgan fingerprint density at radius 3 is 2.64 bits per heavy atom. The molecule has 7 nitrogen and oxygen atoms in total. The molecule has 0 bridgehead atoms. The fraction of sp³-hybridized carbons (Fsp3) is 0.280. The third-order valence-electron chi connectivity index (χ3n) is 5.71. The lowest BCUT2D eigenvalue weighted by Gasteiger charge is -2.30. The highest BCUT2D eigenvalue weighted by Gasteiger charge is 2.25. The van der Waals surface area contributed by atoms with Gasteiger partial charge in [0.25, 0.3) is 0 Å². The van der Waals surface area contributed by atoms with Crippen molar-refractivity contribution >= 4 is 23.7 Å². The third kappa shape index (κ3) is 4.62. The van der Waals surface area contributed by atoms with E-state index in [2.05, 4.69) is 16.4 Å². The van der Waals surface area contributed by atoms with Crippen LogP contribution >= 0.6 is 0 Å². The average Bonchev–Trinajstić information content (AvgIpc) is 2.85. The predicted molar refractivity (Wildman–Crippen MR) is 131 cm³/mol. The van der Waals surface area contributed by atoms with E-state index in [-0.39, 0.29) is 6.54 Å². The van der Waals surface area contributed by atoms with E-state index in [9.17, 15) is 9.65 Å². The number of nitrogens with zero attached hydrogens (tertiary/aromatic N) is 5. The summed E-state index contributed by atoms with van der Waals surface area (Å²) in [5.41, 5.74) is 11.3. The van der Waals surface area contributed by atoms with Gasteiger partial charge < -0.3 is 16.0 Å². The molecule has 33 heavy (non-hydrogen) atoms. The zero-order valence-corrected chi connectivity index (χ0v) is 18.7. The Bertz CT molecular complexity index is 1210. The summed E-state index contributed by atoms with van der Waals surface area (Å²) in [5, 5.41) is 12.4. The zero-order valence-electron chi connectivity index (χ0n) is 18.7. The average molecular weight is 444 g/mol. The first kappa shape index (κ1) is 22.2. The molecule has 0 saturated carbocycles. The van der Waals surface area contributed by atoms with Crippen LogP contribution in [-0.4, -0.2) is 49.5 Å². The van der Waals surface area contributed by atoms with E-state index in [0.717, 1.165) is 28.7 Å². The second-order valence-corrected chi connectivity index (χ2v) is 7.95. The van der Waals surface area contributed by atoms with Crippen LogP contribution in [0.1, 0.15) is 24.0 Å². The first-order valence-corrected chi connectivity index (χ1v) is 10.9. The lowest BCUT2D eigenvalue weighted by atomic mass is 9.97. The van der Waals surface area contributed by atoms with Crippen molar-refractivity contribution in [2.75, 3.05) is 43.1 Å². The Morgan fingerprint density at radius 1 is 1.21 bits per heavy atom. The molecule has 1 aliphatic heterocycles. The van der Waals surface area contributed by atoms with Crippen LogP contribution in [0.25, 0.3) is 22.4 Å². The number of piperidine rings is 1. The molecule has 168 valence electrons. The number of alkyl halides is 1. The summed E-state index contributed by atoms with van der Waals surface area (Å²) in [6, 6.07) is 15.1. The van der Waals surface area contributed by atoms with Crippen LogP contribution in [0.2, 0.25) is 0 Å². The van der Waals surface area contributed by atoms with Gasteiger partial charge in [0.2, 0.25) is 5.95 Å². The van der Waals surface area contributed by atoms with E-state index >= 15 is 0 Å². The summed E-state index contributed by atoms with van der Waals surface area (Å²) in [5.74, 6) is 1.11. The lowest BCUT2D eigenvalue weighted by molar-refractivity contribution is 0.285. The van der Waals surface area contributed by atoms with E-state index < -0.39 is 6.17 Å². The van der Waals surface area contributed by atoms with Crippen molar-refractivity contribution < 1.29 is 4.39 Å². The van der Waals surface area contributed by atoms with Crippen molar-refractivity contribution in [3.05, 3.63) is 53.6 Å². The Morgan fingerprint density at radius 2 is 1.97 bits per heavy atom. The van der Waals surface area contributed by atoms with E-state index in [1.807, 2.05) is 35.2 Å². The van der Waals surface area contributed by atoms with E-state index in [1.54, 1.807) is 32.4 Å². The van der Waals surface area contributed by atoms with Gasteiger partial charge in [0.15, 0.2) is 0 Å². The summed E-state index contributed by atoms with van der Waals surface area (Å²) in [6.45, 7) is 0.975. The molecule has 8 heteroatoms. The second kappa shape index (κ2) is 9.65. The number of rotatable bonds is 5. The van der Waals surface area contributed by atoms with E-state index in [1.165, 1.54) is 0 Å². The number of nitrogens with one attached hydrogen (secondary N) is 1. The van der Waals surface area contributed by atoms with Crippen molar-refractivity contribution in [2.45, 2.75) is 19.0 Å². The number of halogens is 1. The molecule has 1 fully saturated rings. The molecule has 1 aliphatic rings. The summed E-state index contributed by atoms with van der Waals surface area (Å²) in [7, 11) is 3.50. The Kier molecular flexibility index (Phi) is 6.50. The van der Waals surface area contributed by atoms with Gasteiger partial charge >= 0.3 is 0 Å². The minimum atomic E-state index is -0.897. The molecule has 3 N–H and O–H groups in total. The Labute approximate surface area is 192 Å². The largest absolute Gasteiger partial charge is 0.398 e. The normalized spacial score (nSPS) is 16.1. The summed E-state index contributed by atoms with van der Waals surface area (Å²) in [4.78, 5) is 15.7. The number of nitriles is 1. The van der Waals surface area contributed by atoms with Gasteiger partial charge in [0.1, 0.15) is 12.0 Å². The number of hydrogen-bond donors (Lipinski definition) is 2. The molecule has 2 heterocycles. The fourth-order valence-electron chi connectivity index (χ4n) is 4.04. The molecule has 0 aliphatic carbocycles. The topological polar surface area (TPSA) is 103 Å². The van der Waals surface area contributed by atoms with Gasteiger partial charge in [-0.2, -0.15) is 10.2 Å². The Balaban J connectivity index is 1.94. The van der Waals surface area contributed by atoms with Crippen LogP contribution in [0.15, 0.2) is 47.5 Å². The second-order valence-electron chi connectivity index (χ2n) is 7.95. The van der Waals surface area contributed by atoms with Crippen LogP contribution in [0, 0.1) is 11.3 Å². The van der Waals surface area contributed by atoms with Crippen molar-refractivity contribution in [3.63, 3.8) is 0 Å². The molecule has 1 aromatic heterocycles. The van der Waals surface area contributed by atoms with Gasteiger partial charge in [-0.15, -0.1) is 0 Å². The van der Waals surface area contributed by atoms with Crippen LogP contribution in [0.4, 0.5) is 21.8 Å². The molecule has 4 rings (SSSR count). The summed E-state index contributed by atoms with van der Waals surface area (Å²) < 4.78 is 14.1. The standard InChI is InChI=1S/C25H26FN7/c1-29-14-19-12-18(9-10-21(19)28)22-23(17-7-5-16(13-27)6-8-17)31-25(32-24(22)30-2)33-11-3-4-20(26)15-33/h5-10,12,14,20H,3-4,11,15,28H2,1-2H3,(H,30,31,32)/t20-/m0/s1. The van der Waals surface area contributed by atoms with Crippen LogP contribution in [0.5, 0.6) is 0 Å². The van der Waals surface area contributed by atoms with Gasteiger partial charge in [-0.3, -0.25) is 4.99 Å². The smallest absolute Gasteiger partial charge is 0.228 e. The van der Waals surface area contributed by atoms with E-state index in [4.69, 9.17) is 15.7 Å². The van der Waals surface area contributed by atoms with Crippen LogP contribution in [0.3, 0.4) is 0 Å². The number of nitrogen functional groups attached to an aromatic ring is 1. The molecule has 3 aromatic rings. The van der Waals surface area contributed by atoms with Crippen molar-refractivity contribution in [2.24, 2.45) is 4.99 Å². The predicted octanol–water partition coefficient (Wildman–Crippen LogP) is 4.29. The molecular weight excluding hydrogens is 417 g/mol. The SMILES string of the molecule is CN=Cc1cc(-c2c(NC)nc(N3CCC[C@H](F)C3)nc2-c2ccc(C#N)cc2)ccc1N. The van der Waals surface area contributed by atoms with Gasteiger partial charge in [0, 0.05) is 43.7 Å². The number of benzene rings is 2. The number of aliphatic imine (C=N–C) groups is 1. The Hall–Kier alpha value is -3.99. The first-order valence-electron chi connectivity index (χ1n) is 10.9. The molecule has 0 amide bonds. The van der Waals surface area contributed by atoms with E-state index in [0.29, 0.717) is 41.7 Å². The lowest BCUT2D eigenvalue weighted by Crippen LogP contribution is -2.37. The number of nitrogens with two attached hydrogens (primary N) is 1. The highest BCUT2D eigenvalue weighted by atomic mass is 19.1. The highest BCUT2D eigenvalue weighted by Crippen LogP contribution is 2.38. The first-order chi connectivity index (χ1) is 16.0. The summed E-state index contributed by atoms with van der Waals surface area (Å²) in [6.07, 6.45) is 2.13. The fourth-order valence-corrected chi connectivity index (χ4v) is 4.04. The van der Waals surface area contributed by atoms with Crippen LogP contribution in [-0.2, 0) is 0 Å². The van der Waals surface area contributed by atoms with Crippen molar-refractivity contribution in [3.8, 4) is 28.5 Å². The van der Waals surface area contributed by atoms with Gasteiger partial charge in [-0.1, -0.05) is 18.2 Å². The highest BCUT2D eigenvalue weighted by molar-refractivity contribution is 5.94. The maximum absolute atomic E-state index is 14.1. The van der Waals surface area contributed by atoms with Gasteiger partial charge in [-0.25, -0.2) is 9.37 Å². The number of anilines is 3. The number of hydrogen-bond acceptors (Lipinski definition) is 7. The minimum absolute atomic E-state index is 0.272. The molecule has 2 aromatic carbocycles. The third-order valence-corrected chi connectivity index (χ3v) is 5.71. The molecular formula is C25H26FN7. The van der Waals surface area contributed by atoms with Gasteiger partial charge in [0.05, 0.1) is 29.4 Å². The number of aromatic nitrogens is 2. The maximum Gasteiger partial charge on any atom is 0.228 e. The molecule has 0 unspecified atom stereocenters. The monoisotopic (exact) mass is 443 g/mol. The summed E-state index contributed by atoms with van der Waals surface area (Å²) >= 11 is 0. The zero-order chi connectivity index (χ0) is 23.4. The van der Waals surface area contributed by atoms with Crippen LogP contribution < -0.4 is 16.0 Å². The van der Waals surface area contributed by atoms with Crippen molar-refractivity contribution in [1.29, 1.82) is 5.26 Å². The van der Waals surface area contributed by atoms with Gasteiger partial charge in [-0.05, 0) is 42.7 Å². The molecule has 0 spiro atoms. The maximum atomic E-state index is 14.1. The minimum Gasteiger partial charge on any atom is -0.398 e. The quantitative estimate of drug-likeness (QED) is 0.450.